The number of ether oxygens (including phenoxy) is 3. The van der Waals surface area contributed by atoms with Gasteiger partial charge in [-0.3, -0.25) is 0 Å². The molecule has 1 amide bonds. The number of piperidine rings is 1. The highest BCUT2D eigenvalue weighted by atomic mass is 32.2. The number of fused-ring (bicyclic) bond motifs is 2. The molecule has 3 atom stereocenters. The molecule has 1 aliphatic carbocycles. The molecule has 3 aliphatic rings. The van der Waals surface area contributed by atoms with Crippen molar-refractivity contribution in [2.75, 3.05) is 6.26 Å². The zero-order valence-electron chi connectivity index (χ0n) is 20.8. The zero-order chi connectivity index (χ0) is 24.7. The smallest absolute Gasteiger partial charge is 0.410 e. The Morgan fingerprint density at radius 1 is 1.00 bits per heavy atom. The van der Waals surface area contributed by atoms with Crippen LogP contribution in [-0.2, 0) is 19.3 Å². The standard InChI is InChI=1S/C24H37N3O6S/c1-15-22(25-14-21(26-15)34(5,29)30)32-19-10-8-18(9-11-19)31-20-12-16-6-7-17(13-20)27(16)23(28)33-24(2,3)4/h14,16-20H,6-13H2,1-5H3/t16-,17+,18-,19-,20-. The van der Waals surface area contributed by atoms with E-state index in [1.54, 1.807) is 6.92 Å². The van der Waals surface area contributed by atoms with Crippen LogP contribution in [0.4, 0.5) is 4.79 Å². The molecule has 1 saturated carbocycles. The van der Waals surface area contributed by atoms with Gasteiger partial charge in [0.2, 0.25) is 5.88 Å². The number of hydrogen-bond donors (Lipinski definition) is 0. The van der Waals surface area contributed by atoms with Gasteiger partial charge in [0.15, 0.2) is 14.9 Å². The Balaban J connectivity index is 1.25. The second-order valence-electron chi connectivity index (χ2n) is 10.9. The maximum atomic E-state index is 12.7. The molecule has 3 fully saturated rings. The summed E-state index contributed by atoms with van der Waals surface area (Å²) in [7, 11) is -3.39. The summed E-state index contributed by atoms with van der Waals surface area (Å²) >= 11 is 0. The molecule has 2 bridgehead atoms. The highest BCUT2D eigenvalue weighted by Crippen LogP contribution is 2.39. The number of rotatable bonds is 5. The largest absolute Gasteiger partial charge is 0.473 e. The lowest BCUT2D eigenvalue weighted by Gasteiger charge is -2.41. The maximum absolute atomic E-state index is 12.7. The molecule has 0 N–H and O–H groups in total. The fourth-order valence-corrected chi connectivity index (χ4v) is 5.86. The summed E-state index contributed by atoms with van der Waals surface area (Å²) < 4.78 is 41.5. The molecule has 0 aromatic carbocycles. The van der Waals surface area contributed by atoms with Gasteiger partial charge in [-0.2, -0.15) is 0 Å². The van der Waals surface area contributed by atoms with Gasteiger partial charge in [0.05, 0.1) is 18.4 Å². The fraction of sp³-hybridized carbons (Fsp3) is 0.792. The maximum Gasteiger partial charge on any atom is 0.410 e. The summed E-state index contributed by atoms with van der Waals surface area (Å²) in [6.45, 7) is 7.42. The van der Waals surface area contributed by atoms with Gasteiger partial charge in [-0.05, 0) is 79.1 Å². The van der Waals surface area contributed by atoms with Gasteiger partial charge in [-0.1, -0.05) is 0 Å². The highest BCUT2D eigenvalue weighted by Gasteiger charge is 2.45. The van der Waals surface area contributed by atoms with Gasteiger partial charge >= 0.3 is 6.09 Å². The van der Waals surface area contributed by atoms with Crippen LogP contribution in [0, 0.1) is 6.92 Å². The third-order valence-electron chi connectivity index (χ3n) is 6.84. The molecule has 0 unspecified atom stereocenters. The first-order chi connectivity index (χ1) is 15.9. The Kier molecular flexibility index (Phi) is 7.11. The SMILES string of the molecule is Cc1nc(S(C)(=O)=O)cnc1O[C@H]1CC[C@H](O[C@@H]2C[C@H]3CC[C@@H](C2)N3C(=O)OC(C)(C)C)CC1. The van der Waals surface area contributed by atoms with Gasteiger partial charge in [-0.25, -0.2) is 23.2 Å². The number of aryl methyl sites for hydroxylation is 1. The van der Waals surface area contributed by atoms with Crippen molar-refractivity contribution in [1.82, 2.24) is 14.9 Å². The fourth-order valence-electron chi connectivity index (χ4n) is 5.31. The lowest BCUT2D eigenvalue weighted by molar-refractivity contribution is -0.0815. The monoisotopic (exact) mass is 495 g/mol. The van der Waals surface area contributed by atoms with Gasteiger partial charge < -0.3 is 19.1 Å². The molecule has 1 aromatic heterocycles. The summed E-state index contributed by atoms with van der Waals surface area (Å²) in [5.74, 6) is 0.392. The summed E-state index contributed by atoms with van der Waals surface area (Å²) in [4.78, 5) is 22.9. The first-order valence-electron chi connectivity index (χ1n) is 12.3. The molecule has 2 saturated heterocycles. The lowest BCUT2D eigenvalue weighted by atomic mass is 9.93. The van der Waals surface area contributed by atoms with E-state index < -0.39 is 15.4 Å². The molecule has 10 heteroatoms. The average molecular weight is 496 g/mol. The van der Waals surface area contributed by atoms with Gasteiger partial charge in [0.1, 0.15) is 17.4 Å². The van der Waals surface area contributed by atoms with Crippen molar-refractivity contribution >= 4 is 15.9 Å². The van der Waals surface area contributed by atoms with Crippen molar-refractivity contribution in [3.63, 3.8) is 0 Å². The molecule has 0 spiro atoms. The van der Waals surface area contributed by atoms with E-state index in [4.69, 9.17) is 14.2 Å². The first-order valence-corrected chi connectivity index (χ1v) is 14.2. The Morgan fingerprint density at radius 3 is 2.12 bits per heavy atom. The first kappa shape index (κ1) is 25.2. The van der Waals surface area contributed by atoms with Gasteiger partial charge in [0.25, 0.3) is 0 Å². The number of carbonyl (C=O) groups is 1. The van der Waals surface area contributed by atoms with Crippen molar-refractivity contribution < 1.29 is 27.4 Å². The molecule has 1 aromatic rings. The minimum absolute atomic E-state index is 0.0159. The van der Waals surface area contributed by atoms with Crippen LogP contribution in [0.1, 0.15) is 77.8 Å². The Bertz CT molecular complexity index is 986. The molecule has 4 rings (SSSR count). The van der Waals surface area contributed by atoms with Crippen LogP contribution in [0.15, 0.2) is 11.2 Å². The second-order valence-corrected chi connectivity index (χ2v) is 12.9. The molecular formula is C24H37N3O6S. The van der Waals surface area contributed by atoms with Crippen molar-refractivity contribution in [2.24, 2.45) is 0 Å². The van der Waals surface area contributed by atoms with Crippen molar-refractivity contribution in [2.45, 2.75) is 120 Å². The van der Waals surface area contributed by atoms with Gasteiger partial charge in [-0.15, -0.1) is 0 Å². The summed E-state index contributed by atoms with van der Waals surface area (Å²) in [5, 5.41) is -0.0406. The van der Waals surface area contributed by atoms with E-state index in [2.05, 4.69) is 9.97 Å². The van der Waals surface area contributed by atoms with Crippen LogP contribution < -0.4 is 4.74 Å². The Hall–Kier alpha value is -1.94. The van der Waals surface area contributed by atoms with E-state index in [1.165, 1.54) is 6.20 Å². The van der Waals surface area contributed by atoms with Crippen molar-refractivity contribution in [1.29, 1.82) is 0 Å². The molecule has 34 heavy (non-hydrogen) atoms. The highest BCUT2D eigenvalue weighted by molar-refractivity contribution is 7.90. The predicted molar refractivity (Wildman–Crippen MR) is 126 cm³/mol. The number of sulfone groups is 1. The molecule has 3 heterocycles. The van der Waals surface area contributed by atoms with Crippen LogP contribution in [0.25, 0.3) is 0 Å². The van der Waals surface area contributed by atoms with Crippen LogP contribution in [0.3, 0.4) is 0 Å². The average Bonchev–Trinajstić information content (AvgIpc) is 3.00. The van der Waals surface area contributed by atoms with Crippen LogP contribution >= 0.6 is 0 Å². The molecule has 190 valence electrons. The van der Waals surface area contributed by atoms with Gasteiger partial charge in [0, 0.05) is 18.3 Å². The minimum atomic E-state index is -3.39. The predicted octanol–water partition coefficient (Wildman–Crippen LogP) is 3.83. The molecule has 2 aliphatic heterocycles. The summed E-state index contributed by atoms with van der Waals surface area (Å²) in [6.07, 6.45) is 9.84. The summed E-state index contributed by atoms with van der Waals surface area (Å²) in [6, 6.07) is 0.407. The Morgan fingerprint density at radius 2 is 1.59 bits per heavy atom. The molecular weight excluding hydrogens is 458 g/mol. The van der Waals surface area contributed by atoms with Crippen molar-refractivity contribution in [3.8, 4) is 5.88 Å². The number of amides is 1. The van der Waals surface area contributed by atoms with Crippen LogP contribution in [0.2, 0.25) is 0 Å². The third kappa shape index (κ3) is 6.00. The topological polar surface area (TPSA) is 108 Å². The number of nitrogens with zero attached hydrogens (tertiary/aromatic N) is 3. The number of hydrogen-bond acceptors (Lipinski definition) is 8. The number of aromatic nitrogens is 2. The minimum Gasteiger partial charge on any atom is -0.473 e. The van der Waals surface area contributed by atoms with E-state index in [-0.39, 0.29) is 41.5 Å². The van der Waals surface area contributed by atoms with Crippen molar-refractivity contribution in [3.05, 3.63) is 11.9 Å². The normalized spacial score (nSPS) is 29.7. The quantitative estimate of drug-likeness (QED) is 0.607. The molecule has 9 nitrogen and oxygen atoms in total. The van der Waals surface area contributed by atoms with Crippen LogP contribution in [-0.4, -0.2) is 71.6 Å². The van der Waals surface area contributed by atoms with E-state index in [0.29, 0.717) is 11.6 Å². The van der Waals surface area contributed by atoms with E-state index >= 15 is 0 Å². The van der Waals surface area contributed by atoms with E-state index in [0.717, 1.165) is 57.6 Å². The second kappa shape index (κ2) is 9.60. The summed E-state index contributed by atoms with van der Waals surface area (Å²) in [5.41, 5.74) is -0.00159. The third-order valence-corrected chi connectivity index (χ3v) is 7.79. The lowest BCUT2D eigenvalue weighted by Crippen LogP contribution is -2.50. The number of carbonyl (C=O) groups excluding carboxylic acids is 1. The zero-order valence-corrected chi connectivity index (χ0v) is 21.6. The Labute approximate surface area is 202 Å². The van der Waals surface area contributed by atoms with E-state index in [9.17, 15) is 13.2 Å². The van der Waals surface area contributed by atoms with Crippen LogP contribution in [0.5, 0.6) is 5.88 Å². The molecule has 0 radical (unpaired) electrons. The van der Waals surface area contributed by atoms with E-state index in [1.807, 2.05) is 25.7 Å².